The Morgan fingerprint density at radius 3 is 1.21 bits per heavy atom. The van der Waals surface area contributed by atoms with Gasteiger partial charge in [0, 0.05) is 42.7 Å². The molecule has 3 atom stereocenters. The normalized spacial score (nSPS) is 19.1. The van der Waals surface area contributed by atoms with Crippen molar-refractivity contribution in [3.05, 3.63) is 24.6 Å². The van der Waals surface area contributed by atoms with Crippen molar-refractivity contribution < 1.29 is 35.4 Å². The molecule has 0 radical (unpaired) electrons. The van der Waals surface area contributed by atoms with Crippen LogP contribution in [0.15, 0.2) is 24.6 Å². The van der Waals surface area contributed by atoms with Crippen LogP contribution in [0.2, 0.25) is 0 Å². The highest BCUT2D eigenvalue weighted by molar-refractivity contribution is 6.80. The molecule has 0 bridgehead atoms. The van der Waals surface area contributed by atoms with E-state index in [4.69, 9.17) is 35.4 Å². The summed E-state index contributed by atoms with van der Waals surface area (Å²) in [6.07, 6.45) is 1.13. The maximum absolute atomic E-state index is 6.82. The summed E-state index contributed by atoms with van der Waals surface area (Å²) in [7, 11) is -0.440. The van der Waals surface area contributed by atoms with Crippen LogP contribution < -0.4 is 0 Å². The van der Waals surface area contributed by atoms with Crippen molar-refractivity contribution in [2.24, 2.45) is 0 Å². The van der Waals surface area contributed by atoms with E-state index in [1.54, 1.807) is 32.7 Å². The second-order valence-corrected chi connectivity index (χ2v) is 16.3. The van der Waals surface area contributed by atoms with Crippen LogP contribution in [-0.4, -0.2) is 79.3 Å². The molecule has 172 valence electrons. The van der Waals surface area contributed by atoms with Crippen molar-refractivity contribution in [2.45, 2.75) is 51.0 Å². The first-order valence-electron chi connectivity index (χ1n) is 9.51. The zero-order valence-electron chi connectivity index (χ0n) is 19.7. The molecule has 0 amide bonds. The van der Waals surface area contributed by atoms with Gasteiger partial charge in [-0.05, 0) is 38.1 Å². The average Bonchev–Trinajstić information content (AvgIpc) is 2.77. The first-order valence-corrected chi connectivity index (χ1v) is 14.9. The van der Waals surface area contributed by atoms with Gasteiger partial charge in [-0.25, -0.2) is 0 Å². The van der Waals surface area contributed by atoms with Gasteiger partial charge in [0.2, 0.25) is 0 Å². The summed E-state index contributed by atoms with van der Waals surface area (Å²) in [4.78, 5) is 0. The van der Waals surface area contributed by atoms with Crippen LogP contribution in [-0.2, 0) is 35.4 Å². The van der Waals surface area contributed by atoms with Gasteiger partial charge in [0.15, 0.2) is 0 Å². The highest BCUT2D eigenvalue weighted by atomic mass is 28.4. The predicted molar refractivity (Wildman–Crippen MR) is 119 cm³/mol. The van der Waals surface area contributed by atoms with Crippen molar-refractivity contribution in [1.29, 1.82) is 0 Å². The average molecular weight is 469 g/mol. The third kappa shape index (κ3) is 5.18. The Morgan fingerprint density at radius 2 is 0.966 bits per heavy atom. The first-order chi connectivity index (χ1) is 13.5. The van der Waals surface area contributed by atoms with E-state index in [0.717, 1.165) is 0 Å². The zero-order chi connectivity index (χ0) is 23.0. The van der Waals surface area contributed by atoms with Gasteiger partial charge in [0.25, 0.3) is 0 Å². The van der Waals surface area contributed by atoms with E-state index < -0.39 is 36.6 Å². The molecule has 0 aliphatic rings. The Morgan fingerprint density at radius 1 is 0.621 bits per heavy atom. The molecule has 0 heterocycles. The molecule has 11 heteroatoms. The van der Waals surface area contributed by atoms with Crippen LogP contribution in [0.4, 0.5) is 0 Å². The molecule has 8 nitrogen and oxygen atoms in total. The van der Waals surface area contributed by atoms with E-state index in [2.05, 4.69) is 13.2 Å². The smallest absolute Gasteiger partial charge is 0.393 e. The second kappa shape index (κ2) is 11.4. The lowest BCUT2D eigenvalue weighted by Crippen LogP contribution is -2.72. The van der Waals surface area contributed by atoms with Gasteiger partial charge in [0.05, 0.1) is 0 Å². The standard InChI is InChI=1S/C18H40O8Si3/c1-13-17(5,27(15-3,19-7)20-8)25-28(16-4,21-9)18(6,14-2)26-29(22-10,23-11)24-12/h15-16H,3-4,13-14H2,1-2,5-12H3. The quantitative estimate of drug-likeness (QED) is 0.320. The van der Waals surface area contributed by atoms with E-state index in [-0.39, 0.29) is 0 Å². The van der Waals surface area contributed by atoms with Crippen LogP contribution >= 0.6 is 0 Å². The Hall–Kier alpha value is -0.189. The molecule has 0 aliphatic heterocycles. The Bertz CT molecular complexity index is 521. The van der Waals surface area contributed by atoms with Crippen molar-refractivity contribution in [3.63, 3.8) is 0 Å². The zero-order valence-corrected chi connectivity index (χ0v) is 22.7. The number of hydrogen-bond donors (Lipinski definition) is 0. The van der Waals surface area contributed by atoms with Crippen molar-refractivity contribution in [1.82, 2.24) is 0 Å². The van der Waals surface area contributed by atoms with Crippen LogP contribution in [0.25, 0.3) is 0 Å². The highest BCUT2D eigenvalue weighted by Crippen LogP contribution is 2.41. The summed E-state index contributed by atoms with van der Waals surface area (Å²) < 4.78 is 47.4. The van der Waals surface area contributed by atoms with Crippen molar-refractivity contribution in [2.75, 3.05) is 42.7 Å². The largest absolute Gasteiger partial charge is 0.679 e. The fraction of sp³-hybridized carbons (Fsp3) is 0.778. The molecule has 0 saturated carbocycles. The summed E-state index contributed by atoms with van der Waals surface area (Å²) >= 11 is 0. The van der Waals surface area contributed by atoms with Crippen LogP contribution in [0, 0.1) is 0 Å². The second-order valence-electron chi connectivity index (χ2n) is 6.84. The topological polar surface area (TPSA) is 73.8 Å². The monoisotopic (exact) mass is 468 g/mol. The molecule has 0 fully saturated rings. The van der Waals surface area contributed by atoms with Crippen LogP contribution in [0.5, 0.6) is 0 Å². The molecular weight excluding hydrogens is 428 g/mol. The molecule has 0 aromatic heterocycles. The number of hydrogen-bond acceptors (Lipinski definition) is 8. The first kappa shape index (κ1) is 28.8. The maximum atomic E-state index is 6.82. The Kier molecular flexibility index (Phi) is 11.4. The third-order valence-corrected chi connectivity index (χ3v) is 15.9. The minimum Gasteiger partial charge on any atom is -0.393 e. The fourth-order valence-electron chi connectivity index (χ4n) is 3.37. The molecule has 29 heavy (non-hydrogen) atoms. The van der Waals surface area contributed by atoms with Gasteiger partial charge in [-0.3, -0.25) is 0 Å². The maximum Gasteiger partial charge on any atom is 0.679 e. The molecule has 0 N–H and O–H groups in total. The summed E-state index contributed by atoms with van der Waals surface area (Å²) in [5.74, 6) is 0. The lowest BCUT2D eigenvalue weighted by Gasteiger charge is -2.51. The van der Waals surface area contributed by atoms with Crippen LogP contribution in [0.3, 0.4) is 0 Å². The van der Waals surface area contributed by atoms with E-state index in [1.165, 1.54) is 21.3 Å². The minimum atomic E-state index is -3.42. The molecule has 0 spiro atoms. The van der Waals surface area contributed by atoms with E-state index in [9.17, 15) is 0 Å². The summed E-state index contributed by atoms with van der Waals surface area (Å²) in [6, 6.07) is 0. The summed E-state index contributed by atoms with van der Waals surface area (Å²) in [5.41, 5.74) is 3.43. The van der Waals surface area contributed by atoms with Gasteiger partial charge in [-0.15, -0.1) is 13.2 Å². The molecule has 0 saturated heterocycles. The summed E-state index contributed by atoms with van der Waals surface area (Å²) in [5, 5.41) is -1.77. The van der Waals surface area contributed by atoms with E-state index in [0.29, 0.717) is 12.8 Å². The fourth-order valence-corrected chi connectivity index (χ4v) is 11.8. The van der Waals surface area contributed by atoms with Gasteiger partial charge in [0.1, 0.15) is 10.4 Å². The molecular formula is C18H40O8Si3. The third-order valence-electron chi connectivity index (χ3n) is 5.75. The van der Waals surface area contributed by atoms with Crippen LogP contribution in [0.1, 0.15) is 40.5 Å². The molecule has 3 unspecified atom stereocenters. The lowest BCUT2D eigenvalue weighted by atomic mass is 10.3. The minimum absolute atomic E-state index is 0.534. The van der Waals surface area contributed by atoms with Crippen molar-refractivity contribution >= 4 is 26.2 Å². The van der Waals surface area contributed by atoms with E-state index in [1.807, 2.05) is 27.7 Å². The Labute approximate surface area is 180 Å². The van der Waals surface area contributed by atoms with Gasteiger partial charge < -0.3 is 35.4 Å². The van der Waals surface area contributed by atoms with Crippen molar-refractivity contribution in [3.8, 4) is 0 Å². The summed E-state index contributed by atoms with van der Waals surface area (Å²) in [6.45, 7) is 15.8. The Balaban J connectivity index is 6.55. The molecule has 0 aromatic carbocycles. The molecule has 0 rings (SSSR count). The van der Waals surface area contributed by atoms with E-state index >= 15 is 0 Å². The SMILES string of the molecule is C=C[Si](OC)(OC)C(C)(CC)O[Si](C=C)(OC)C(C)(CC)O[Si](OC)(OC)OC. The van der Waals surface area contributed by atoms with Gasteiger partial charge in [-0.1, -0.05) is 13.8 Å². The number of rotatable bonds is 16. The predicted octanol–water partition coefficient (Wildman–Crippen LogP) is 3.08. The van der Waals surface area contributed by atoms with Gasteiger partial charge in [-0.2, -0.15) is 0 Å². The lowest BCUT2D eigenvalue weighted by molar-refractivity contribution is -0.0619. The molecule has 0 aromatic rings. The highest BCUT2D eigenvalue weighted by Gasteiger charge is 2.65. The molecule has 0 aliphatic carbocycles. The van der Waals surface area contributed by atoms with Gasteiger partial charge >= 0.3 is 26.2 Å².